The van der Waals surface area contributed by atoms with Crippen molar-refractivity contribution in [2.45, 2.75) is 6.92 Å². The maximum absolute atomic E-state index is 13.8. The van der Waals surface area contributed by atoms with Gasteiger partial charge in [-0.1, -0.05) is 47.7 Å². The third-order valence-corrected chi connectivity index (χ3v) is 4.94. The first-order valence-electron chi connectivity index (χ1n) is 8.18. The van der Waals surface area contributed by atoms with Gasteiger partial charge < -0.3 is 4.74 Å². The lowest BCUT2D eigenvalue weighted by Gasteiger charge is -2.12. The molecule has 0 saturated carbocycles. The Morgan fingerprint density at radius 1 is 1.15 bits per heavy atom. The van der Waals surface area contributed by atoms with Gasteiger partial charge in [-0.25, -0.2) is 9.37 Å². The number of hydrogen-bond donors (Lipinski definition) is 1. The van der Waals surface area contributed by atoms with Crippen molar-refractivity contribution in [1.82, 2.24) is 4.98 Å². The van der Waals surface area contributed by atoms with Crippen molar-refractivity contribution < 1.29 is 13.9 Å². The van der Waals surface area contributed by atoms with E-state index in [1.807, 2.05) is 37.3 Å². The average Bonchev–Trinajstić information content (AvgIpc) is 3.05. The van der Waals surface area contributed by atoms with Gasteiger partial charge in [0.2, 0.25) is 0 Å². The number of thiazole rings is 1. The normalized spacial score (nSPS) is 11.0. The molecule has 0 saturated heterocycles. The Balaban J connectivity index is 1.77. The fraction of sp³-hybridized carbons (Fsp3) is 0.100. The molecule has 1 aromatic heterocycles. The molecule has 0 atom stereocenters. The van der Waals surface area contributed by atoms with E-state index in [2.05, 4.69) is 10.3 Å². The Bertz CT molecular complexity index is 1120. The van der Waals surface area contributed by atoms with Gasteiger partial charge in [0.1, 0.15) is 17.1 Å². The number of carbonyl (C=O) groups is 1. The SMILES string of the molecule is CCOc1ccc2ccccc2c1C(=O)Nc1nc2c(F)cccc2s1. The number of aromatic nitrogens is 1. The summed E-state index contributed by atoms with van der Waals surface area (Å²) in [7, 11) is 0. The highest BCUT2D eigenvalue weighted by molar-refractivity contribution is 7.22. The molecule has 4 aromatic rings. The first-order valence-corrected chi connectivity index (χ1v) is 9.00. The van der Waals surface area contributed by atoms with Crippen LogP contribution in [-0.4, -0.2) is 17.5 Å². The number of para-hydroxylation sites is 1. The second kappa shape index (κ2) is 6.72. The van der Waals surface area contributed by atoms with E-state index >= 15 is 0 Å². The van der Waals surface area contributed by atoms with Crippen LogP contribution in [0.15, 0.2) is 54.6 Å². The van der Waals surface area contributed by atoms with Crippen LogP contribution in [0.25, 0.3) is 21.0 Å². The quantitative estimate of drug-likeness (QED) is 0.537. The molecule has 1 amide bonds. The van der Waals surface area contributed by atoms with Crippen molar-refractivity contribution in [2.24, 2.45) is 0 Å². The molecule has 0 spiro atoms. The number of halogens is 1. The molecule has 4 rings (SSSR count). The van der Waals surface area contributed by atoms with Gasteiger partial charge in [0.05, 0.1) is 16.9 Å². The molecule has 0 bridgehead atoms. The van der Waals surface area contributed by atoms with Gasteiger partial charge in [-0.05, 0) is 35.9 Å². The Morgan fingerprint density at radius 2 is 2.00 bits per heavy atom. The molecule has 6 heteroatoms. The second-order valence-corrected chi connectivity index (χ2v) is 6.68. The number of nitrogens with one attached hydrogen (secondary N) is 1. The maximum atomic E-state index is 13.8. The maximum Gasteiger partial charge on any atom is 0.261 e. The molecule has 0 unspecified atom stereocenters. The van der Waals surface area contributed by atoms with Crippen LogP contribution in [0.5, 0.6) is 5.75 Å². The lowest BCUT2D eigenvalue weighted by Crippen LogP contribution is -2.14. The smallest absolute Gasteiger partial charge is 0.261 e. The van der Waals surface area contributed by atoms with Gasteiger partial charge in [-0.15, -0.1) is 0 Å². The molecule has 130 valence electrons. The summed E-state index contributed by atoms with van der Waals surface area (Å²) in [5.41, 5.74) is 0.709. The number of anilines is 1. The predicted molar refractivity (Wildman–Crippen MR) is 103 cm³/mol. The van der Waals surface area contributed by atoms with Crippen molar-refractivity contribution >= 4 is 43.4 Å². The minimum atomic E-state index is -0.403. The number of amides is 1. The molecule has 0 aliphatic heterocycles. The lowest BCUT2D eigenvalue weighted by atomic mass is 10.0. The van der Waals surface area contributed by atoms with Gasteiger partial charge in [-0.3, -0.25) is 10.1 Å². The molecule has 0 aliphatic rings. The van der Waals surface area contributed by atoms with E-state index in [0.717, 1.165) is 10.8 Å². The molecule has 1 heterocycles. The zero-order chi connectivity index (χ0) is 18.1. The highest BCUT2D eigenvalue weighted by Gasteiger charge is 2.18. The number of carbonyl (C=O) groups excluding carboxylic acids is 1. The summed E-state index contributed by atoms with van der Waals surface area (Å²) in [6, 6.07) is 16.1. The Morgan fingerprint density at radius 3 is 2.81 bits per heavy atom. The second-order valence-electron chi connectivity index (χ2n) is 5.65. The number of hydrogen-bond acceptors (Lipinski definition) is 4. The number of nitrogens with zero attached hydrogens (tertiary/aromatic N) is 1. The van der Waals surface area contributed by atoms with Gasteiger partial charge in [0.15, 0.2) is 5.13 Å². The number of ether oxygens (including phenoxy) is 1. The average molecular weight is 366 g/mol. The fourth-order valence-corrected chi connectivity index (χ4v) is 3.76. The third-order valence-electron chi connectivity index (χ3n) is 4.01. The van der Waals surface area contributed by atoms with E-state index in [1.165, 1.54) is 17.4 Å². The summed E-state index contributed by atoms with van der Waals surface area (Å²) in [5.74, 6) is -0.222. The molecular formula is C20H15FN2O2S. The first-order chi connectivity index (χ1) is 12.7. The van der Waals surface area contributed by atoms with Gasteiger partial charge in [0.25, 0.3) is 5.91 Å². The van der Waals surface area contributed by atoms with Crippen molar-refractivity contribution in [3.8, 4) is 5.75 Å². The Labute approximate surface area is 153 Å². The van der Waals surface area contributed by atoms with Gasteiger partial charge in [0, 0.05) is 0 Å². The molecule has 4 nitrogen and oxygen atoms in total. The highest BCUT2D eigenvalue weighted by Crippen LogP contribution is 2.31. The van der Waals surface area contributed by atoms with E-state index in [0.29, 0.717) is 27.8 Å². The summed E-state index contributed by atoms with van der Waals surface area (Å²) >= 11 is 1.24. The molecule has 0 aliphatic carbocycles. The van der Waals surface area contributed by atoms with Crippen molar-refractivity contribution in [1.29, 1.82) is 0 Å². The van der Waals surface area contributed by atoms with Crippen LogP contribution in [0.2, 0.25) is 0 Å². The van der Waals surface area contributed by atoms with Crippen molar-refractivity contribution in [3.63, 3.8) is 0 Å². The predicted octanol–water partition coefficient (Wildman–Crippen LogP) is 5.24. The molecular weight excluding hydrogens is 351 g/mol. The van der Waals surface area contributed by atoms with E-state index in [9.17, 15) is 9.18 Å². The Kier molecular flexibility index (Phi) is 4.26. The van der Waals surface area contributed by atoms with Crippen LogP contribution in [0.1, 0.15) is 17.3 Å². The summed E-state index contributed by atoms with van der Waals surface area (Å²) in [4.78, 5) is 17.2. The van der Waals surface area contributed by atoms with Crippen molar-refractivity contribution in [2.75, 3.05) is 11.9 Å². The van der Waals surface area contributed by atoms with E-state index in [4.69, 9.17) is 4.74 Å². The molecule has 1 N–H and O–H groups in total. The summed E-state index contributed by atoms with van der Waals surface area (Å²) in [5, 5.41) is 4.88. The van der Waals surface area contributed by atoms with Crippen LogP contribution in [-0.2, 0) is 0 Å². The summed E-state index contributed by atoms with van der Waals surface area (Å²) < 4.78 is 20.2. The standard InChI is InChI=1S/C20H15FN2O2S/c1-2-25-15-11-10-12-6-3-4-7-13(12)17(15)19(24)23-20-22-18-14(21)8-5-9-16(18)26-20/h3-11H,2H2,1H3,(H,22,23,24). The fourth-order valence-electron chi connectivity index (χ4n) is 2.89. The van der Waals surface area contributed by atoms with Gasteiger partial charge >= 0.3 is 0 Å². The van der Waals surface area contributed by atoms with Crippen LogP contribution in [0.4, 0.5) is 9.52 Å². The summed E-state index contributed by atoms with van der Waals surface area (Å²) in [6.07, 6.45) is 0. The number of fused-ring (bicyclic) bond motifs is 2. The van der Waals surface area contributed by atoms with E-state index in [-0.39, 0.29) is 11.4 Å². The molecule has 3 aromatic carbocycles. The van der Waals surface area contributed by atoms with Crippen LogP contribution >= 0.6 is 11.3 Å². The first kappa shape index (κ1) is 16.5. The summed E-state index contributed by atoms with van der Waals surface area (Å²) in [6.45, 7) is 2.32. The minimum Gasteiger partial charge on any atom is -0.493 e. The molecule has 0 fully saturated rings. The highest BCUT2D eigenvalue weighted by atomic mass is 32.1. The van der Waals surface area contributed by atoms with Crippen LogP contribution in [0, 0.1) is 5.82 Å². The third kappa shape index (κ3) is 2.88. The largest absolute Gasteiger partial charge is 0.493 e. The number of rotatable bonds is 4. The zero-order valence-electron chi connectivity index (χ0n) is 14.0. The molecule has 26 heavy (non-hydrogen) atoms. The lowest BCUT2D eigenvalue weighted by molar-refractivity contribution is 0.102. The van der Waals surface area contributed by atoms with E-state index in [1.54, 1.807) is 18.2 Å². The number of benzene rings is 3. The zero-order valence-corrected chi connectivity index (χ0v) is 14.8. The topological polar surface area (TPSA) is 51.2 Å². The van der Waals surface area contributed by atoms with E-state index < -0.39 is 5.82 Å². The minimum absolute atomic E-state index is 0.260. The van der Waals surface area contributed by atoms with Gasteiger partial charge in [-0.2, -0.15) is 0 Å². The molecule has 0 radical (unpaired) electrons. The Hall–Kier alpha value is -2.99. The monoisotopic (exact) mass is 366 g/mol. The van der Waals surface area contributed by atoms with Crippen LogP contribution in [0.3, 0.4) is 0 Å². The van der Waals surface area contributed by atoms with Crippen LogP contribution < -0.4 is 10.1 Å². The van der Waals surface area contributed by atoms with Crippen molar-refractivity contribution in [3.05, 3.63) is 66.0 Å².